The minimum absolute atomic E-state index is 0.297. The molecular weight excluding hydrogens is 308 g/mol. The lowest BCUT2D eigenvalue weighted by molar-refractivity contribution is 0.453. The van der Waals surface area contributed by atoms with Crippen LogP contribution in [0, 0.1) is 6.92 Å². The van der Waals surface area contributed by atoms with Gasteiger partial charge in [0.15, 0.2) is 0 Å². The predicted molar refractivity (Wildman–Crippen MR) is 98.5 cm³/mol. The predicted octanol–water partition coefficient (Wildman–Crippen LogP) is 4.74. The Morgan fingerprint density at radius 1 is 0.640 bits per heavy atom. The molecule has 2 nitrogen and oxygen atoms in total. The smallest absolute Gasteiger partial charge is 0.118 e. The van der Waals surface area contributed by atoms with Crippen LogP contribution < -0.4 is 0 Å². The van der Waals surface area contributed by atoms with Crippen LogP contribution in [-0.2, 0) is 10.8 Å². The molecule has 0 heterocycles. The van der Waals surface area contributed by atoms with E-state index in [1.807, 2.05) is 25.1 Å². The second kappa shape index (κ2) is 4.26. The molecule has 0 saturated heterocycles. The molecule has 3 aliphatic rings. The number of aromatic hydroxyl groups is 2. The molecule has 0 saturated carbocycles. The average molecular weight is 328 g/mol. The summed E-state index contributed by atoms with van der Waals surface area (Å²) in [6.07, 6.45) is 0. The molecule has 2 heteroatoms. The number of hydrogen-bond acceptors (Lipinski definition) is 2. The maximum atomic E-state index is 10.4. The highest BCUT2D eigenvalue weighted by Gasteiger charge is 2.54. The van der Waals surface area contributed by atoms with Crippen molar-refractivity contribution in [3.63, 3.8) is 0 Å². The number of benzene rings is 3. The number of phenols is 2. The van der Waals surface area contributed by atoms with E-state index in [9.17, 15) is 10.2 Å². The Morgan fingerprint density at radius 3 is 1.84 bits per heavy atom. The third-order valence-corrected chi connectivity index (χ3v) is 6.50. The minimum Gasteiger partial charge on any atom is -0.508 e. The Hall–Kier alpha value is -2.74. The van der Waals surface area contributed by atoms with Crippen LogP contribution in [-0.4, -0.2) is 10.2 Å². The molecule has 3 aromatic carbocycles. The van der Waals surface area contributed by atoms with Crippen LogP contribution in [0.15, 0.2) is 54.6 Å². The molecule has 0 aromatic heterocycles. The van der Waals surface area contributed by atoms with Crippen LogP contribution in [0.2, 0.25) is 0 Å². The van der Waals surface area contributed by atoms with Crippen molar-refractivity contribution in [3.8, 4) is 11.5 Å². The molecule has 0 aliphatic heterocycles. The maximum Gasteiger partial charge on any atom is 0.118 e. The quantitative estimate of drug-likeness (QED) is 0.626. The summed E-state index contributed by atoms with van der Waals surface area (Å²) >= 11 is 0. The van der Waals surface area contributed by atoms with E-state index < -0.39 is 0 Å². The lowest BCUT2D eigenvalue weighted by Crippen LogP contribution is -2.48. The summed E-state index contributed by atoms with van der Waals surface area (Å²) in [6, 6.07) is 18.3. The van der Waals surface area contributed by atoms with Gasteiger partial charge in [0.05, 0.1) is 0 Å². The van der Waals surface area contributed by atoms with Crippen LogP contribution in [0.3, 0.4) is 0 Å². The van der Waals surface area contributed by atoms with Gasteiger partial charge in [0.1, 0.15) is 11.5 Å². The van der Waals surface area contributed by atoms with Gasteiger partial charge in [0.2, 0.25) is 0 Å². The first kappa shape index (κ1) is 14.6. The number of rotatable bonds is 0. The average Bonchev–Trinajstić information content (AvgIpc) is 2.60. The third kappa shape index (κ3) is 1.47. The van der Waals surface area contributed by atoms with Crippen molar-refractivity contribution in [1.29, 1.82) is 0 Å². The Labute approximate surface area is 147 Å². The Balaban J connectivity index is 2.03. The summed E-state index contributed by atoms with van der Waals surface area (Å²) in [6.45, 7) is 6.41. The fourth-order valence-corrected chi connectivity index (χ4v) is 5.13. The topological polar surface area (TPSA) is 40.5 Å². The zero-order valence-corrected chi connectivity index (χ0v) is 14.6. The van der Waals surface area contributed by atoms with E-state index in [2.05, 4.69) is 44.2 Å². The Kier molecular flexibility index (Phi) is 2.49. The van der Waals surface area contributed by atoms with Crippen molar-refractivity contribution >= 4 is 0 Å². The molecule has 0 radical (unpaired) electrons. The molecule has 2 unspecified atom stereocenters. The van der Waals surface area contributed by atoms with E-state index in [4.69, 9.17) is 0 Å². The Bertz CT molecular complexity index is 1070. The van der Waals surface area contributed by atoms with E-state index in [0.29, 0.717) is 11.5 Å². The highest BCUT2D eigenvalue weighted by Crippen LogP contribution is 2.62. The lowest BCUT2D eigenvalue weighted by atomic mass is 9.48. The summed E-state index contributed by atoms with van der Waals surface area (Å²) < 4.78 is 0. The fourth-order valence-electron chi connectivity index (χ4n) is 5.13. The highest BCUT2D eigenvalue weighted by atomic mass is 16.3. The van der Waals surface area contributed by atoms with Gasteiger partial charge in [-0.3, -0.25) is 0 Å². The van der Waals surface area contributed by atoms with E-state index in [0.717, 1.165) is 16.7 Å². The van der Waals surface area contributed by atoms with Gasteiger partial charge in [-0.1, -0.05) is 36.4 Å². The molecule has 0 spiro atoms. The molecule has 6 rings (SSSR count). The molecule has 0 amide bonds. The van der Waals surface area contributed by atoms with Crippen LogP contribution in [0.5, 0.6) is 11.5 Å². The van der Waals surface area contributed by atoms with E-state index in [1.54, 1.807) is 6.07 Å². The zero-order chi connectivity index (χ0) is 17.6. The summed E-state index contributed by atoms with van der Waals surface area (Å²) in [5.41, 5.74) is 7.54. The molecule has 0 fully saturated rings. The molecule has 3 aromatic rings. The van der Waals surface area contributed by atoms with Gasteiger partial charge in [-0.25, -0.2) is 0 Å². The van der Waals surface area contributed by atoms with Gasteiger partial charge in [-0.05, 0) is 77.9 Å². The number of aryl methyl sites for hydroxylation is 1. The third-order valence-electron chi connectivity index (χ3n) is 6.50. The zero-order valence-electron chi connectivity index (χ0n) is 14.6. The first-order chi connectivity index (χ1) is 11.9. The van der Waals surface area contributed by atoms with Crippen molar-refractivity contribution in [3.05, 3.63) is 93.5 Å². The monoisotopic (exact) mass is 328 g/mol. The SMILES string of the molecule is Cc1cc2c(cc1O)C1(C)c3ccccc3C2(C)c2cc(O)ccc21. The molecule has 25 heavy (non-hydrogen) atoms. The van der Waals surface area contributed by atoms with Gasteiger partial charge in [0, 0.05) is 10.8 Å². The van der Waals surface area contributed by atoms with Gasteiger partial charge < -0.3 is 10.2 Å². The highest BCUT2D eigenvalue weighted by molar-refractivity contribution is 5.76. The number of hydrogen-bond donors (Lipinski definition) is 2. The summed E-state index contributed by atoms with van der Waals surface area (Å²) in [5.74, 6) is 0.639. The van der Waals surface area contributed by atoms with Crippen molar-refractivity contribution in [2.75, 3.05) is 0 Å². The van der Waals surface area contributed by atoms with Gasteiger partial charge in [-0.15, -0.1) is 0 Å². The molecule has 2 N–H and O–H groups in total. The van der Waals surface area contributed by atoms with E-state index in [1.165, 1.54) is 22.3 Å². The van der Waals surface area contributed by atoms with Crippen molar-refractivity contribution < 1.29 is 10.2 Å². The van der Waals surface area contributed by atoms with E-state index >= 15 is 0 Å². The summed E-state index contributed by atoms with van der Waals surface area (Å²) in [4.78, 5) is 0. The van der Waals surface area contributed by atoms with Gasteiger partial charge >= 0.3 is 0 Å². The minimum atomic E-state index is -0.337. The van der Waals surface area contributed by atoms with Crippen LogP contribution >= 0.6 is 0 Å². The maximum absolute atomic E-state index is 10.4. The normalized spacial score (nSPS) is 25.2. The Morgan fingerprint density at radius 2 is 1.16 bits per heavy atom. The lowest BCUT2D eigenvalue weighted by Gasteiger charge is -2.54. The number of phenolic OH excluding ortho intramolecular Hbond substituents is 2. The first-order valence-corrected chi connectivity index (χ1v) is 8.67. The van der Waals surface area contributed by atoms with Crippen molar-refractivity contribution in [2.24, 2.45) is 0 Å². The molecule has 3 aliphatic carbocycles. The van der Waals surface area contributed by atoms with Crippen molar-refractivity contribution in [1.82, 2.24) is 0 Å². The molecule has 2 atom stereocenters. The second-order valence-corrected chi connectivity index (χ2v) is 7.71. The second-order valence-electron chi connectivity index (χ2n) is 7.71. The first-order valence-electron chi connectivity index (χ1n) is 8.67. The fraction of sp³-hybridized carbons (Fsp3) is 0.217. The van der Waals surface area contributed by atoms with Crippen LogP contribution in [0.1, 0.15) is 52.8 Å². The summed E-state index contributed by atoms with van der Waals surface area (Å²) in [7, 11) is 0. The van der Waals surface area contributed by atoms with Crippen molar-refractivity contribution in [2.45, 2.75) is 31.6 Å². The molecule has 124 valence electrons. The van der Waals surface area contributed by atoms with E-state index in [-0.39, 0.29) is 10.8 Å². The van der Waals surface area contributed by atoms with Crippen LogP contribution in [0.4, 0.5) is 0 Å². The largest absolute Gasteiger partial charge is 0.508 e. The molecular formula is C23H20O2. The van der Waals surface area contributed by atoms with Gasteiger partial charge in [0.25, 0.3) is 0 Å². The van der Waals surface area contributed by atoms with Crippen LogP contribution in [0.25, 0.3) is 0 Å². The molecule has 2 bridgehead atoms. The standard InChI is InChI=1S/C23H20O2/c1-13-10-18-20(12-21(13)25)22(2)15-6-4-5-7-16(15)23(18,3)19-11-14(24)8-9-17(19)22/h4-12,24-25H,1-3H3. The van der Waals surface area contributed by atoms with Gasteiger partial charge in [-0.2, -0.15) is 0 Å². The summed E-state index contributed by atoms with van der Waals surface area (Å²) in [5, 5.41) is 20.6.